The first-order valence-electron chi connectivity index (χ1n) is 26.4. The average Bonchev–Trinajstić information content (AvgIpc) is 4.11. The van der Waals surface area contributed by atoms with E-state index < -0.39 is 139 Å². The van der Waals surface area contributed by atoms with Gasteiger partial charge in [0.05, 0.1) is 12.9 Å². The number of hydrogen-bond acceptors (Lipinski definition) is 15. The third kappa shape index (κ3) is 18.9. The van der Waals surface area contributed by atoms with E-state index in [1.807, 2.05) is 20.1 Å². The Kier molecular flexibility index (Phi) is 24.0. The maximum Gasteiger partial charge on any atom is 0.261 e. The Labute approximate surface area is 468 Å². The van der Waals surface area contributed by atoms with Gasteiger partial charge in [0, 0.05) is 59.5 Å². The molecular weight excluding hydrogens is 1050 g/mol. The molecule has 0 saturated heterocycles. The van der Waals surface area contributed by atoms with Gasteiger partial charge in [0.2, 0.25) is 59.1 Å². The number of aromatic nitrogens is 3. The molecule has 0 fully saturated rings. The highest BCUT2D eigenvalue weighted by Gasteiger charge is 2.38. The van der Waals surface area contributed by atoms with Crippen molar-refractivity contribution in [2.75, 3.05) is 24.3 Å². The number of thioether (sulfide) groups is 1. The van der Waals surface area contributed by atoms with Crippen LogP contribution in [-0.4, -0.2) is 152 Å². The third-order valence-electron chi connectivity index (χ3n) is 12.7. The maximum atomic E-state index is 14.5. The SMILES string of the molecule is [2H]N(C(=O)[C@H](C)NC(=O)[C@H](Cc1c[nH]c2ccccc12)NC(=O)[C@H](CCC(N)=O)N(C(=O)CN)C(=O)c1ccc(N)cc1)[C@H](C(=O)N[C@@H](C)C(=O)N[C@@H](Cc1cnc[nH]1)C(=O)N[C@@H](CC(C)C)C(=O)N[C@@H](CCSC)C(N)=O)C(C)C. The molecule has 2 aromatic heterocycles. The number of nitrogen functional groups attached to an aromatic ring is 1. The second-order valence-corrected chi connectivity index (χ2v) is 20.9. The molecule has 80 heavy (non-hydrogen) atoms. The van der Waals surface area contributed by atoms with Crippen LogP contribution >= 0.6 is 11.8 Å². The molecule has 0 aliphatic rings. The second kappa shape index (κ2) is 30.7. The number of para-hydroxylation sites is 1. The number of imide groups is 1. The summed E-state index contributed by atoms with van der Waals surface area (Å²) in [5.41, 5.74) is 24.4. The minimum Gasteiger partial charge on any atom is -0.399 e. The standard InChI is InChI=1S/C53H75N15O11S/c1-27(2)20-38(49(75)63-37(45(57)71)18-19-80-7)65-50(76)40(22-34-25-58-26-60-34)64-46(72)29(5)62-52(78)44(28(3)4)67-47(73)30(6)61-48(74)39(21-32-24-59-36-11-9-8-10-35(32)36)66-51(77)41(16-17-42(56)69)68(43(70)23-54)53(79)31-12-14-33(55)15-13-31/h8-15,24-30,37-41,44,59H,16-23,54-55H2,1-7H3,(H2,56,69)(H2,57,71)(H,58,60)(H,61,74)(H,62,78)(H,63,75)(H,64,72)(H,65,76)(H,66,77)(H,67,73)/t29-,30-,37-,38-,39-,40-,41-,44-/m0/s1/i/hD. The van der Waals surface area contributed by atoms with Crippen molar-refractivity contribution in [1.82, 2.24) is 57.1 Å². The summed E-state index contributed by atoms with van der Waals surface area (Å²) in [6, 6.07) is 1.16. The van der Waals surface area contributed by atoms with E-state index in [1.54, 1.807) is 30.5 Å². The summed E-state index contributed by atoms with van der Waals surface area (Å²) < 4.78 is 8.93. The summed E-state index contributed by atoms with van der Waals surface area (Å²) in [4.78, 5) is 161. The van der Waals surface area contributed by atoms with E-state index in [0.29, 0.717) is 43.8 Å². The molecular formula is C53H75N15O11S. The van der Waals surface area contributed by atoms with E-state index in [4.69, 9.17) is 24.3 Å². The van der Waals surface area contributed by atoms with Gasteiger partial charge in [-0.2, -0.15) is 11.8 Å². The molecule has 11 amide bonds. The van der Waals surface area contributed by atoms with Gasteiger partial charge in [-0.25, -0.2) is 4.98 Å². The summed E-state index contributed by atoms with van der Waals surface area (Å²) in [5, 5.41) is 16.5. The van der Waals surface area contributed by atoms with E-state index in [0.717, 1.165) is 0 Å². The van der Waals surface area contributed by atoms with Crippen LogP contribution in [0.25, 0.3) is 10.9 Å². The van der Waals surface area contributed by atoms with Gasteiger partial charge in [0.1, 0.15) is 48.3 Å². The highest BCUT2D eigenvalue weighted by molar-refractivity contribution is 7.98. The van der Waals surface area contributed by atoms with Crippen LogP contribution in [0.3, 0.4) is 0 Å². The number of nitrogens with two attached hydrogens (primary N) is 4. The minimum absolute atomic E-state index is 0.0564. The first kappa shape index (κ1) is 62.5. The second-order valence-electron chi connectivity index (χ2n) is 19.9. The van der Waals surface area contributed by atoms with Crippen molar-refractivity contribution in [2.24, 2.45) is 29.0 Å². The van der Waals surface area contributed by atoms with Crippen molar-refractivity contribution in [2.45, 2.75) is 128 Å². The van der Waals surface area contributed by atoms with E-state index >= 15 is 0 Å². The lowest BCUT2D eigenvalue weighted by atomic mass is 10.0. The lowest BCUT2D eigenvalue weighted by Crippen LogP contribution is -2.61. The maximum absolute atomic E-state index is 14.5. The molecule has 8 atom stereocenters. The van der Waals surface area contributed by atoms with Crippen LogP contribution in [0.15, 0.2) is 67.3 Å². The number of amides is 11. The topological polar surface area (TPSA) is 424 Å². The molecule has 434 valence electrons. The third-order valence-corrected chi connectivity index (χ3v) is 13.3. The number of rotatable bonds is 31. The molecule has 4 aromatic rings. The Morgan fingerprint density at radius 3 is 1.88 bits per heavy atom. The lowest BCUT2D eigenvalue weighted by Gasteiger charge is -2.31. The van der Waals surface area contributed by atoms with Gasteiger partial charge in [0.25, 0.3) is 5.91 Å². The van der Waals surface area contributed by atoms with Crippen LogP contribution < -0.4 is 60.1 Å². The molecule has 26 nitrogen and oxygen atoms in total. The van der Waals surface area contributed by atoms with Gasteiger partial charge < -0.3 is 70.1 Å². The van der Waals surface area contributed by atoms with Gasteiger partial charge in [-0.3, -0.25) is 57.6 Å². The van der Waals surface area contributed by atoms with Crippen molar-refractivity contribution in [3.8, 4) is 0 Å². The zero-order chi connectivity index (χ0) is 60.2. The Balaban J connectivity index is 1.56. The molecule has 0 aliphatic carbocycles. The monoisotopic (exact) mass is 1130 g/mol. The number of carbonyl (C=O) groups excluding carboxylic acids is 11. The molecule has 0 saturated carbocycles. The number of nitrogens with zero attached hydrogens (tertiary/aromatic N) is 2. The van der Waals surface area contributed by atoms with Gasteiger partial charge >= 0.3 is 0 Å². The summed E-state index contributed by atoms with van der Waals surface area (Å²) in [6.07, 6.45) is 5.28. The van der Waals surface area contributed by atoms with E-state index in [1.165, 1.54) is 76.2 Å². The van der Waals surface area contributed by atoms with Crippen molar-refractivity contribution in [1.29, 1.82) is 0 Å². The summed E-state index contributed by atoms with van der Waals surface area (Å²) >= 11 is 1.45. The molecule has 4 rings (SSSR count). The fourth-order valence-electron chi connectivity index (χ4n) is 8.34. The molecule has 0 unspecified atom stereocenters. The van der Waals surface area contributed by atoms with Crippen LogP contribution in [0.1, 0.15) is 88.8 Å². The number of hydrogen-bond donors (Lipinski definition) is 13. The van der Waals surface area contributed by atoms with Gasteiger partial charge in [0.15, 0.2) is 1.41 Å². The van der Waals surface area contributed by atoms with Gasteiger partial charge in [-0.05, 0) is 92.8 Å². The van der Waals surface area contributed by atoms with Crippen molar-refractivity contribution in [3.05, 3.63) is 84.1 Å². The summed E-state index contributed by atoms with van der Waals surface area (Å²) in [6.45, 7) is 8.53. The Bertz CT molecular complexity index is 2870. The predicted molar refractivity (Wildman–Crippen MR) is 299 cm³/mol. The average molecular weight is 1130 g/mol. The first-order valence-corrected chi connectivity index (χ1v) is 27.3. The molecule has 0 aliphatic heterocycles. The highest BCUT2D eigenvalue weighted by atomic mass is 32.2. The minimum atomic E-state index is -1.74. The number of primary amides is 2. The zero-order valence-electron chi connectivity index (χ0n) is 46.8. The van der Waals surface area contributed by atoms with Crippen molar-refractivity contribution >= 4 is 93.3 Å². The summed E-state index contributed by atoms with van der Waals surface area (Å²) in [5.74, 6) is -10.4. The number of carbonyl (C=O) groups is 11. The van der Waals surface area contributed by atoms with Crippen molar-refractivity contribution in [3.63, 3.8) is 0 Å². The molecule has 0 bridgehead atoms. The molecule has 0 spiro atoms. The van der Waals surface area contributed by atoms with Gasteiger partial charge in [-0.15, -0.1) is 0 Å². The highest BCUT2D eigenvalue weighted by Crippen LogP contribution is 2.21. The first-order chi connectivity index (χ1) is 38.3. The number of anilines is 1. The Hall–Kier alpha value is -8.33. The molecule has 27 heteroatoms. The fraction of sp³-hybridized carbons (Fsp3) is 0.472. The Morgan fingerprint density at radius 1 is 0.688 bits per heavy atom. The molecule has 0 radical (unpaired) electrons. The number of nitrogens with one attached hydrogen (secondary N) is 9. The largest absolute Gasteiger partial charge is 0.399 e. The number of fused-ring (bicyclic) bond motifs is 1. The van der Waals surface area contributed by atoms with E-state index in [9.17, 15) is 52.7 Å². The molecule has 2 heterocycles. The predicted octanol–water partition coefficient (Wildman–Crippen LogP) is -1.11. The number of imidazole rings is 1. The number of aromatic amines is 2. The quantitative estimate of drug-likeness (QED) is 0.0266. The lowest BCUT2D eigenvalue weighted by molar-refractivity contribution is -0.139. The van der Waals surface area contributed by atoms with Crippen LogP contribution in [-0.2, 0) is 60.8 Å². The normalized spacial score (nSPS) is 14.4. The van der Waals surface area contributed by atoms with E-state index in [2.05, 4.69) is 46.9 Å². The fourth-order valence-corrected chi connectivity index (χ4v) is 8.81. The zero-order valence-corrected chi connectivity index (χ0v) is 46.6. The van der Waals surface area contributed by atoms with Crippen LogP contribution in [0.4, 0.5) is 5.69 Å². The van der Waals surface area contributed by atoms with Crippen LogP contribution in [0.5, 0.6) is 0 Å². The number of benzene rings is 2. The van der Waals surface area contributed by atoms with Crippen LogP contribution in [0.2, 0.25) is 1.41 Å². The smallest absolute Gasteiger partial charge is 0.261 e. The molecule has 2 aromatic carbocycles. The van der Waals surface area contributed by atoms with Gasteiger partial charge in [-0.1, -0.05) is 45.9 Å². The number of H-pyrrole nitrogens is 2. The summed E-state index contributed by atoms with van der Waals surface area (Å²) in [7, 11) is 0. The molecule has 17 N–H and O–H groups in total. The van der Waals surface area contributed by atoms with E-state index in [-0.39, 0.29) is 37.2 Å². The van der Waals surface area contributed by atoms with Crippen molar-refractivity contribution < 1.29 is 54.2 Å². The Morgan fingerprint density at radius 2 is 1.27 bits per heavy atom. The van der Waals surface area contributed by atoms with Crippen LogP contribution in [0, 0.1) is 11.8 Å².